The summed E-state index contributed by atoms with van der Waals surface area (Å²) in [5.74, 6) is 0.864. The number of ether oxygens (including phenoxy) is 3. The molecule has 0 aliphatic carbocycles. The maximum absolute atomic E-state index is 6.12. The molecule has 0 amide bonds. The van der Waals surface area contributed by atoms with Crippen LogP contribution in [-0.2, 0) is 28.2 Å². The van der Waals surface area contributed by atoms with Gasteiger partial charge in [0, 0.05) is 39.7 Å². The second kappa shape index (κ2) is 9.99. The van der Waals surface area contributed by atoms with E-state index in [0.717, 1.165) is 49.6 Å². The van der Waals surface area contributed by atoms with E-state index in [4.69, 9.17) is 14.2 Å². The highest BCUT2D eigenvalue weighted by atomic mass is 16.5. The first kappa shape index (κ1) is 21.4. The zero-order valence-electron chi connectivity index (χ0n) is 18.4. The van der Waals surface area contributed by atoms with Gasteiger partial charge in [0.15, 0.2) is 0 Å². The molecule has 1 aliphatic heterocycles. The third-order valence-corrected chi connectivity index (χ3v) is 6.00. The Morgan fingerprint density at radius 1 is 0.903 bits per heavy atom. The fourth-order valence-corrected chi connectivity index (χ4v) is 4.12. The van der Waals surface area contributed by atoms with Gasteiger partial charge < -0.3 is 19.5 Å². The molecule has 4 nitrogen and oxygen atoms in total. The van der Waals surface area contributed by atoms with Gasteiger partial charge in [-0.1, -0.05) is 60.7 Å². The lowest BCUT2D eigenvalue weighted by Gasteiger charge is -2.36. The number of methoxy groups -OCH3 is 1. The molecule has 1 N–H and O–H groups in total. The second-order valence-corrected chi connectivity index (χ2v) is 8.14. The van der Waals surface area contributed by atoms with Gasteiger partial charge in [-0.2, -0.15) is 0 Å². The van der Waals surface area contributed by atoms with Gasteiger partial charge in [0.2, 0.25) is 0 Å². The number of nitrogens with one attached hydrogen (secondary N) is 1. The highest BCUT2D eigenvalue weighted by Gasteiger charge is 2.34. The van der Waals surface area contributed by atoms with Gasteiger partial charge in [-0.15, -0.1) is 0 Å². The molecule has 0 atom stereocenters. The molecule has 31 heavy (non-hydrogen) atoms. The van der Waals surface area contributed by atoms with Crippen molar-refractivity contribution in [3.63, 3.8) is 0 Å². The lowest BCUT2D eigenvalue weighted by Crippen LogP contribution is -2.35. The van der Waals surface area contributed by atoms with Crippen LogP contribution in [0.2, 0.25) is 0 Å². The van der Waals surface area contributed by atoms with Crippen molar-refractivity contribution in [2.75, 3.05) is 25.6 Å². The predicted octanol–water partition coefficient (Wildman–Crippen LogP) is 5.84. The summed E-state index contributed by atoms with van der Waals surface area (Å²) in [4.78, 5) is 0. The summed E-state index contributed by atoms with van der Waals surface area (Å²) in [5, 5.41) is 3.58. The number of hydrogen-bond donors (Lipinski definition) is 1. The van der Waals surface area contributed by atoms with E-state index in [1.165, 1.54) is 16.7 Å². The van der Waals surface area contributed by atoms with Crippen LogP contribution in [0.5, 0.6) is 5.75 Å². The SMILES string of the molecule is COC1(c2cccc(CNc3cc(C)ccc3OCc3ccccc3)c2)CCOCC1. The molecule has 0 saturated carbocycles. The van der Waals surface area contributed by atoms with Crippen LogP contribution in [0.3, 0.4) is 0 Å². The van der Waals surface area contributed by atoms with E-state index in [1.807, 2.05) is 24.3 Å². The molecule has 0 radical (unpaired) electrons. The monoisotopic (exact) mass is 417 g/mol. The molecule has 162 valence electrons. The van der Waals surface area contributed by atoms with Gasteiger partial charge in [0.05, 0.1) is 11.3 Å². The Kier molecular flexibility index (Phi) is 6.90. The number of aryl methyl sites for hydroxylation is 1. The summed E-state index contributed by atoms with van der Waals surface area (Å²) in [6, 6.07) is 25.2. The highest BCUT2D eigenvalue weighted by Crippen LogP contribution is 2.36. The summed E-state index contributed by atoms with van der Waals surface area (Å²) in [6.45, 7) is 4.84. The van der Waals surface area contributed by atoms with Gasteiger partial charge in [-0.05, 0) is 41.3 Å². The molecule has 4 rings (SSSR count). The first-order valence-electron chi connectivity index (χ1n) is 10.9. The number of rotatable bonds is 8. The average molecular weight is 418 g/mol. The van der Waals surface area contributed by atoms with Crippen LogP contribution < -0.4 is 10.1 Å². The highest BCUT2D eigenvalue weighted by molar-refractivity contribution is 5.58. The molecule has 0 aromatic heterocycles. The fourth-order valence-electron chi connectivity index (χ4n) is 4.12. The molecule has 0 spiro atoms. The van der Waals surface area contributed by atoms with Crippen LogP contribution in [0.1, 0.15) is 35.1 Å². The number of anilines is 1. The zero-order chi connectivity index (χ0) is 21.5. The third kappa shape index (κ3) is 5.27. The minimum atomic E-state index is -0.248. The molecule has 0 bridgehead atoms. The molecule has 1 saturated heterocycles. The molecule has 3 aromatic carbocycles. The Hall–Kier alpha value is -2.82. The predicted molar refractivity (Wildman–Crippen MR) is 124 cm³/mol. The molecular formula is C27H31NO3. The van der Waals surface area contributed by atoms with Gasteiger partial charge in [0.25, 0.3) is 0 Å². The number of hydrogen-bond acceptors (Lipinski definition) is 4. The fraction of sp³-hybridized carbons (Fsp3) is 0.333. The summed E-state index contributed by atoms with van der Waals surface area (Å²) in [7, 11) is 1.80. The van der Waals surface area contributed by atoms with Crippen molar-refractivity contribution in [1.82, 2.24) is 0 Å². The summed E-state index contributed by atoms with van der Waals surface area (Å²) in [5.41, 5.74) is 5.56. The minimum Gasteiger partial charge on any atom is -0.487 e. The van der Waals surface area contributed by atoms with Crippen LogP contribution in [0, 0.1) is 6.92 Å². The van der Waals surface area contributed by atoms with Crippen molar-refractivity contribution < 1.29 is 14.2 Å². The molecule has 4 heteroatoms. The van der Waals surface area contributed by atoms with E-state index >= 15 is 0 Å². The van der Waals surface area contributed by atoms with Gasteiger partial charge in [-0.3, -0.25) is 0 Å². The molecule has 0 unspecified atom stereocenters. The van der Waals surface area contributed by atoms with Crippen LogP contribution in [-0.4, -0.2) is 20.3 Å². The van der Waals surface area contributed by atoms with E-state index in [-0.39, 0.29) is 5.60 Å². The first-order valence-corrected chi connectivity index (χ1v) is 10.9. The molecule has 1 fully saturated rings. The van der Waals surface area contributed by atoms with Crippen molar-refractivity contribution in [3.05, 3.63) is 95.1 Å². The molecular weight excluding hydrogens is 386 g/mol. The maximum Gasteiger partial charge on any atom is 0.142 e. The van der Waals surface area contributed by atoms with E-state index < -0.39 is 0 Å². The Morgan fingerprint density at radius 3 is 2.45 bits per heavy atom. The Morgan fingerprint density at radius 2 is 1.68 bits per heavy atom. The number of benzene rings is 3. The van der Waals surface area contributed by atoms with E-state index in [2.05, 4.69) is 60.8 Å². The zero-order valence-corrected chi connectivity index (χ0v) is 18.4. The summed E-state index contributed by atoms with van der Waals surface area (Å²) < 4.78 is 17.7. The van der Waals surface area contributed by atoms with Crippen molar-refractivity contribution >= 4 is 5.69 Å². The lowest BCUT2D eigenvalue weighted by atomic mass is 9.85. The van der Waals surface area contributed by atoms with E-state index in [1.54, 1.807) is 7.11 Å². The van der Waals surface area contributed by atoms with Gasteiger partial charge in [-0.25, -0.2) is 0 Å². The smallest absolute Gasteiger partial charge is 0.142 e. The topological polar surface area (TPSA) is 39.7 Å². The standard InChI is InChI=1S/C27H31NO3/c1-21-11-12-26(31-20-22-7-4-3-5-8-22)25(17-21)28-19-23-9-6-10-24(18-23)27(29-2)13-15-30-16-14-27/h3-12,17-18,28H,13-16,19-20H2,1-2H3. The normalized spacial score (nSPS) is 15.4. The van der Waals surface area contributed by atoms with E-state index in [9.17, 15) is 0 Å². The minimum absolute atomic E-state index is 0.248. The van der Waals surface area contributed by atoms with E-state index in [0.29, 0.717) is 6.61 Å². The van der Waals surface area contributed by atoms with Crippen LogP contribution in [0.25, 0.3) is 0 Å². The first-order chi connectivity index (χ1) is 15.2. The van der Waals surface area contributed by atoms with Gasteiger partial charge in [0.1, 0.15) is 12.4 Å². The van der Waals surface area contributed by atoms with Gasteiger partial charge >= 0.3 is 0 Å². The Balaban J connectivity index is 1.47. The summed E-state index contributed by atoms with van der Waals surface area (Å²) in [6.07, 6.45) is 1.77. The maximum atomic E-state index is 6.12. The third-order valence-electron chi connectivity index (χ3n) is 6.00. The van der Waals surface area contributed by atoms with Crippen LogP contribution in [0.4, 0.5) is 5.69 Å². The van der Waals surface area contributed by atoms with Crippen LogP contribution in [0.15, 0.2) is 72.8 Å². The second-order valence-electron chi connectivity index (χ2n) is 8.14. The molecule has 1 aliphatic rings. The largest absolute Gasteiger partial charge is 0.487 e. The average Bonchev–Trinajstić information content (AvgIpc) is 2.83. The van der Waals surface area contributed by atoms with Crippen molar-refractivity contribution in [3.8, 4) is 5.75 Å². The molecule has 1 heterocycles. The van der Waals surface area contributed by atoms with Crippen molar-refractivity contribution in [2.45, 2.75) is 38.5 Å². The Bertz CT molecular complexity index is 981. The summed E-state index contributed by atoms with van der Waals surface area (Å²) >= 11 is 0. The van der Waals surface area contributed by atoms with Crippen LogP contribution >= 0.6 is 0 Å². The van der Waals surface area contributed by atoms with Crippen molar-refractivity contribution in [2.24, 2.45) is 0 Å². The van der Waals surface area contributed by atoms with Crippen molar-refractivity contribution in [1.29, 1.82) is 0 Å². The Labute approximate surface area is 185 Å². The lowest BCUT2D eigenvalue weighted by molar-refractivity contribution is -0.0948. The molecule has 3 aromatic rings. The quantitative estimate of drug-likeness (QED) is 0.500.